The summed E-state index contributed by atoms with van der Waals surface area (Å²) in [7, 11) is 1.62. The summed E-state index contributed by atoms with van der Waals surface area (Å²) in [5.41, 5.74) is 3.77. The van der Waals surface area contributed by atoms with E-state index in [9.17, 15) is 0 Å². The highest BCUT2D eigenvalue weighted by Crippen LogP contribution is 2.18. The first-order valence-corrected chi connectivity index (χ1v) is 4.26. The van der Waals surface area contributed by atoms with Crippen molar-refractivity contribution in [2.75, 3.05) is 7.11 Å². The molecule has 0 aliphatic heterocycles. The largest absolute Gasteiger partial charge is 0.495 e. The highest BCUT2D eigenvalue weighted by atomic mass is 16.5. The molecule has 0 aromatic carbocycles. The van der Waals surface area contributed by atoms with Gasteiger partial charge in [0.25, 0.3) is 0 Å². The van der Waals surface area contributed by atoms with Gasteiger partial charge in [-0.1, -0.05) is 6.92 Å². The molecule has 0 aliphatic carbocycles. The highest BCUT2D eigenvalue weighted by molar-refractivity contribution is 5.25. The summed E-state index contributed by atoms with van der Waals surface area (Å²) >= 11 is 0. The van der Waals surface area contributed by atoms with Crippen LogP contribution in [-0.4, -0.2) is 12.1 Å². The molecule has 3 N–H and O–H groups in total. The molecular weight excluding hydrogens is 166 g/mol. The minimum atomic E-state index is 0.141. The van der Waals surface area contributed by atoms with E-state index in [0.29, 0.717) is 0 Å². The van der Waals surface area contributed by atoms with Crippen LogP contribution in [0.3, 0.4) is 0 Å². The molecule has 0 aliphatic rings. The Labute approximate surface area is 78.1 Å². The summed E-state index contributed by atoms with van der Waals surface area (Å²) in [5, 5.41) is 0. The Morgan fingerprint density at radius 1 is 1.62 bits per heavy atom. The first-order valence-electron chi connectivity index (χ1n) is 4.26. The molecule has 72 valence electrons. The van der Waals surface area contributed by atoms with Gasteiger partial charge in [0, 0.05) is 12.2 Å². The van der Waals surface area contributed by atoms with Gasteiger partial charge in [-0.15, -0.1) is 0 Å². The molecule has 0 saturated heterocycles. The summed E-state index contributed by atoms with van der Waals surface area (Å²) in [4.78, 5) is 4.05. The van der Waals surface area contributed by atoms with Crippen LogP contribution in [0.25, 0.3) is 0 Å². The highest BCUT2D eigenvalue weighted by Gasteiger charge is 2.07. The monoisotopic (exact) mass is 181 g/mol. The van der Waals surface area contributed by atoms with Crippen LogP contribution in [-0.2, 0) is 0 Å². The number of pyridine rings is 1. The lowest BCUT2D eigenvalue weighted by atomic mass is 10.1. The van der Waals surface area contributed by atoms with Crippen LogP contribution < -0.4 is 16.0 Å². The number of hydrogen-bond acceptors (Lipinski definition) is 4. The standard InChI is InChI=1S/C9H15N3O/c1-3-9(12-10)7-4-8(13-2)6-11-5-7/h4-6,9,12H,3,10H2,1-2H3. The SMILES string of the molecule is CCC(NN)c1cncc(OC)c1. The third-order valence-electron chi connectivity index (χ3n) is 1.98. The Morgan fingerprint density at radius 3 is 2.92 bits per heavy atom. The third kappa shape index (κ3) is 2.40. The Hall–Kier alpha value is -1.13. The molecule has 1 rings (SSSR count). The predicted octanol–water partition coefficient (Wildman–Crippen LogP) is 1.00. The lowest BCUT2D eigenvalue weighted by Gasteiger charge is -2.13. The molecule has 4 nitrogen and oxygen atoms in total. The minimum absolute atomic E-state index is 0.141. The molecule has 1 atom stereocenters. The van der Waals surface area contributed by atoms with Crippen molar-refractivity contribution in [1.82, 2.24) is 10.4 Å². The zero-order valence-corrected chi connectivity index (χ0v) is 7.95. The van der Waals surface area contributed by atoms with Gasteiger partial charge >= 0.3 is 0 Å². The molecule has 0 saturated carbocycles. The smallest absolute Gasteiger partial charge is 0.137 e. The third-order valence-corrected chi connectivity index (χ3v) is 1.98. The maximum absolute atomic E-state index is 5.39. The van der Waals surface area contributed by atoms with Crippen molar-refractivity contribution in [3.63, 3.8) is 0 Å². The fourth-order valence-corrected chi connectivity index (χ4v) is 1.19. The van der Waals surface area contributed by atoms with Crippen LogP contribution >= 0.6 is 0 Å². The fraction of sp³-hybridized carbons (Fsp3) is 0.444. The van der Waals surface area contributed by atoms with E-state index in [0.717, 1.165) is 17.7 Å². The van der Waals surface area contributed by atoms with Gasteiger partial charge < -0.3 is 4.74 Å². The summed E-state index contributed by atoms with van der Waals surface area (Å²) in [6.45, 7) is 2.06. The number of hydrogen-bond donors (Lipinski definition) is 2. The molecule has 0 radical (unpaired) electrons. The maximum atomic E-state index is 5.39. The number of nitrogens with two attached hydrogens (primary N) is 1. The van der Waals surface area contributed by atoms with Crippen LogP contribution in [0.5, 0.6) is 5.75 Å². The first-order chi connectivity index (χ1) is 6.31. The van der Waals surface area contributed by atoms with Crippen molar-refractivity contribution in [2.24, 2.45) is 5.84 Å². The predicted molar refractivity (Wildman–Crippen MR) is 51.1 cm³/mol. The van der Waals surface area contributed by atoms with Gasteiger partial charge in [0.1, 0.15) is 5.75 Å². The van der Waals surface area contributed by atoms with Crippen molar-refractivity contribution in [3.05, 3.63) is 24.0 Å². The molecule has 4 heteroatoms. The fourth-order valence-electron chi connectivity index (χ4n) is 1.19. The number of methoxy groups -OCH3 is 1. The van der Waals surface area contributed by atoms with Crippen molar-refractivity contribution in [2.45, 2.75) is 19.4 Å². The number of rotatable bonds is 4. The van der Waals surface area contributed by atoms with E-state index in [1.807, 2.05) is 6.07 Å². The average molecular weight is 181 g/mol. The number of nitrogens with zero attached hydrogens (tertiary/aromatic N) is 1. The van der Waals surface area contributed by atoms with E-state index in [4.69, 9.17) is 10.6 Å². The Morgan fingerprint density at radius 2 is 2.38 bits per heavy atom. The van der Waals surface area contributed by atoms with Crippen LogP contribution in [0.4, 0.5) is 0 Å². The summed E-state index contributed by atoms with van der Waals surface area (Å²) in [5.74, 6) is 6.14. The van der Waals surface area contributed by atoms with Gasteiger partial charge in [-0.25, -0.2) is 0 Å². The quantitative estimate of drug-likeness (QED) is 0.537. The lowest BCUT2D eigenvalue weighted by molar-refractivity contribution is 0.410. The van der Waals surface area contributed by atoms with E-state index >= 15 is 0 Å². The molecule has 1 unspecified atom stereocenters. The van der Waals surface area contributed by atoms with E-state index in [2.05, 4.69) is 17.3 Å². The minimum Gasteiger partial charge on any atom is -0.495 e. The van der Waals surface area contributed by atoms with Crippen LogP contribution in [0.1, 0.15) is 24.9 Å². The van der Waals surface area contributed by atoms with Crippen molar-refractivity contribution >= 4 is 0 Å². The molecule has 1 aromatic heterocycles. The van der Waals surface area contributed by atoms with Gasteiger partial charge in [0.2, 0.25) is 0 Å². The molecular formula is C9H15N3O. The van der Waals surface area contributed by atoms with Crippen molar-refractivity contribution in [3.8, 4) is 5.75 Å². The summed E-state index contributed by atoms with van der Waals surface area (Å²) in [6, 6.07) is 2.07. The van der Waals surface area contributed by atoms with Crippen LogP contribution in [0.15, 0.2) is 18.5 Å². The molecule has 1 heterocycles. The molecule has 0 amide bonds. The maximum Gasteiger partial charge on any atom is 0.137 e. The van der Waals surface area contributed by atoms with Crippen molar-refractivity contribution < 1.29 is 4.74 Å². The van der Waals surface area contributed by atoms with E-state index in [-0.39, 0.29) is 6.04 Å². The molecule has 13 heavy (non-hydrogen) atoms. The summed E-state index contributed by atoms with van der Waals surface area (Å²) in [6.07, 6.45) is 4.38. The number of aromatic nitrogens is 1. The van der Waals surface area contributed by atoms with Gasteiger partial charge in [0.05, 0.1) is 13.3 Å². The Bertz CT molecular complexity index is 261. The second kappa shape index (κ2) is 4.79. The topological polar surface area (TPSA) is 60.2 Å². The number of nitrogens with one attached hydrogen (secondary N) is 1. The van der Waals surface area contributed by atoms with Gasteiger partial charge in [-0.3, -0.25) is 16.3 Å². The summed E-state index contributed by atoms with van der Waals surface area (Å²) < 4.78 is 5.06. The number of hydrazine groups is 1. The molecule has 0 bridgehead atoms. The van der Waals surface area contributed by atoms with Crippen LogP contribution in [0.2, 0.25) is 0 Å². The van der Waals surface area contributed by atoms with Gasteiger partial charge in [0.15, 0.2) is 0 Å². The van der Waals surface area contributed by atoms with E-state index < -0.39 is 0 Å². The molecule has 1 aromatic rings. The van der Waals surface area contributed by atoms with E-state index in [1.165, 1.54) is 0 Å². The van der Waals surface area contributed by atoms with Crippen LogP contribution in [0, 0.1) is 0 Å². The normalized spacial score (nSPS) is 12.5. The Balaban J connectivity index is 2.86. The van der Waals surface area contributed by atoms with Crippen molar-refractivity contribution in [1.29, 1.82) is 0 Å². The zero-order valence-electron chi connectivity index (χ0n) is 7.95. The zero-order chi connectivity index (χ0) is 9.68. The second-order valence-corrected chi connectivity index (χ2v) is 2.79. The molecule has 0 fully saturated rings. The first kappa shape index (κ1) is 9.95. The second-order valence-electron chi connectivity index (χ2n) is 2.79. The van der Waals surface area contributed by atoms with Gasteiger partial charge in [-0.05, 0) is 18.1 Å². The average Bonchev–Trinajstić information content (AvgIpc) is 2.20. The molecule has 0 spiro atoms. The number of ether oxygens (including phenoxy) is 1. The van der Waals surface area contributed by atoms with E-state index in [1.54, 1.807) is 19.5 Å². The van der Waals surface area contributed by atoms with Gasteiger partial charge in [-0.2, -0.15) is 0 Å². The Kier molecular flexibility index (Phi) is 3.67. The lowest BCUT2D eigenvalue weighted by Crippen LogP contribution is -2.27.